The highest BCUT2D eigenvalue weighted by molar-refractivity contribution is 7.99. The zero-order valence-electron chi connectivity index (χ0n) is 14.4. The molecular weight excluding hydrogens is 390 g/mol. The van der Waals surface area contributed by atoms with Crippen LogP contribution in [-0.4, -0.2) is 54.5 Å². The monoisotopic (exact) mass is 409 g/mol. The van der Waals surface area contributed by atoms with E-state index in [0.717, 1.165) is 17.8 Å². The van der Waals surface area contributed by atoms with Gasteiger partial charge in [-0.15, -0.1) is 11.8 Å². The number of rotatable bonds is 5. The number of thioether (sulfide) groups is 1. The number of aliphatic carboxylic acids is 1. The second-order valence-electron chi connectivity index (χ2n) is 6.35. The molecule has 1 aliphatic rings. The van der Waals surface area contributed by atoms with Crippen molar-refractivity contribution in [2.24, 2.45) is 5.73 Å². The summed E-state index contributed by atoms with van der Waals surface area (Å²) in [7, 11) is 0. The van der Waals surface area contributed by atoms with Crippen LogP contribution in [0.1, 0.15) is 22.5 Å². The number of phenolic OH excluding ortho intramolecular Hbond substituents is 4. The Morgan fingerprint density at radius 3 is 2.46 bits per heavy atom. The summed E-state index contributed by atoms with van der Waals surface area (Å²) in [6.45, 7) is 0. The molecule has 1 aliphatic heterocycles. The predicted octanol–water partition coefficient (Wildman–Crippen LogP) is 1.19. The Kier molecular flexibility index (Phi) is 5.45. The third-order valence-corrected chi connectivity index (χ3v) is 5.79. The normalized spacial score (nSPS) is 22.1. The van der Waals surface area contributed by atoms with Crippen molar-refractivity contribution in [2.75, 3.05) is 5.75 Å². The molecule has 28 heavy (non-hydrogen) atoms. The summed E-state index contributed by atoms with van der Waals surface area (Å²) in [4.78, 5) is 11.0. The van der Waals surface area contributed by atoms with Gasteiger partial charge in [-0.1, -0.05) is 6.07 Å². The maximum absolute atomic E-state index is 11.0. The minimum Gasteiger partial charge on any atom is -0.508 e. The quantitative estimate of drug-likeness (QED) is 0.355. The van der Waals surface area contributed by atoms with E-state index >= 15 is 0 Å². The summed E-state index contributed by atoms with van der Waals surface area (Å²) < 4.78 is 5.75. The number of aliphatic hydroxyl groups is 1. The number of hydrogen-bond donors (Lipinski definition) is 7. The molecule has 10 heteroatoms. The van der Waals surface area contributed by atoms with Gasteiger partial charge in [0.05, 0.1) is 10.8 Å². The highest BCUT2D eigenvalue weighted by atomic mass is 32.2. The number of hydrogen-bond acceptors (Lipinski definition) is 9. The number of carbonyl (C=O) groups is 1. The lowest BCUT2D eigenvalue weighted by Crippen LogP contribution is -2.36. The van der Waals surface area contributed by atoms with E-state index in [0.29, 0.717) is 5.56 Å². The van der Waals surface area contributed by atoms with Gasteiger partial charge >= 0.3 is 5.97 Å². The Morgan fingerprint density at radius 2 is 1.82 bits per heavy atom. The number of carboxylic acid groups (broad SMARTS) is 1. The summed E-state index contributed by atoms with van der Waals surface area (Å²) in [6.07, 6.45) is -2.27. The number of benzene rings is 2. The molecule has 0 bridgehead atoms. The minimum absolute atomic E-state index is 0.0512. The average molecular weight is 409 g/mol. The minimum atomic E-state index is -1.25. The molecule has 0 unspecified atom stereocenters. The summed E-state index contributed by atoms with van der Waals surface area (Å²) in [6, 6.07) is 5.08. The number of fused-ring (bicyclic) bond motifs is 1. The first-order chi connectivity index (χ1) is 13.2. The molecule has 0 saturated heterocycles. The van der Waals surface area contributed by atoms with Gasteiger partial charge in [-0.25, -0.2) is 0 Å². The van der Waals surface area contributed by atoms with Crippen LogP contribution in [-0.2, 0) is 4.79 Å². The van der Waals surface area contributed by atoms with Crippen molar-refractivity contribution in [3.63, 3.8) is 0 Å². The highest BCUT2D eigenvalue weighted by Crippen LogP contribution is 2.52. The molecule has 0 aliphatic carbocycles. The molecule has 0 aromatic heterocycles. The Hall–Kier alpha value is -2.82. The first kappa shape index (κ1) is 19.9. The molecule has 9 nitrogen and oxygen atoms in total. The SMILES string of the molecule is N[C@@H](CS[C@H]1c2c(O)cc(O)cc2O[C@H](c2ccc(O)c(O)c2)[C@H]1O)C(=O)O. The zero-order valence-corrected chi connectivity index (χ0v) is 15.2. The van der Waals surface area contributed by atoms with E-state index in [1.807, 2.05) is 0 Å². The van der Waals surface area contributed by atoms with E-state index in [9.17, 15) is 30.3 Å². The first-order valence-electron chi connectivity index (χ1n) is 8.21. The van der Waals surface area contributed by atoms with Gasteiger partial charge in [0.1, 0.15) is 29.4 Å². The van der Waals surface area contributed by atoms with Crippen molar-refractivity contribution in [3.8, 4) is 28.7 Å². The third kappa shape index (κ3) is 3.75. The topological polar surface area (TPSA) is 174 Å². The van der Waals surface area contributed by atoms with E-state index in [2.05, 4.69) is 0 Å². The van der Waals surface area contributed by atoms with Crippen molar-refractivity contribution < 1.29 is 40.2 Å². The molecule has 0 radical (unpaired) electrons. The number of phenols is 4. The molecule has 0 fully saturated rings. The first-order valence-corrected chi connectivity index (χ1v) is 9.26. The zero-order chi connectivity index (χ0) is 20.6. The number of carboxylic acids is 1. The van der Waals surface area contributed by atoms with Gasteiger partial charge in [0.25, 0.3) is 0 Å². The molecule has 0 amide bonds. The van der Waals surface area contributed by atoms with Crippen molar-refractivity contribution in [2.45, 2.75) is 23.5 Å². The van der Waals surface area contributed by atoms with Crippen LogP contribution < -0.4 is 10.5 Å². The van der Waals surface area contributed by atoms with E-state index in [1.165, 1.54) is 24.3 Å². The van der Waals surface area contributed by atoms with Crippen molar-refractivity contribution in [1.82, 2.24) is 0 Å². The largest absolute Gasteiger partial charge is 0.508 e. The summed E-state index contributed by atoms with van der Waals surface area (Å²) >= 11 is 1.02. The van der Waals surface area contributed by atoms with Crippen LogP contribution in [0.3, 0.4) is 0 Å². The van der Waals surface area contributed by atoms with Gasteiger partial charge in [-0.3, -0.25) is 4.79 Å². The van der Waals surface area contributed by atoms with Crippen LogP contribution in [0.5, 0.6) is 28.7 Å². The van der Waals surface area contributed by atoms with Gasteiger partial charge < -0.3 is 41.1 Å². The Morgan fingerprint density at radius 1 is 1.11 bits per heavy atom. The fourth-order valence-electron chi connectivity index (χ4n) is 2.96. The van der Waals surface area contributed by atoms with Crippen LogP contribution in [0.15, 0.2) is 30.3 Å². The summed E-state index contributed by atoms with van der Waals surface area (Å²) in [5.74, 6) is -2.48. The summed E-state index contributed by atoms with van der Waals surface area (Å²) in [5, 5.41) is 58.3. The van der Waals surface area contributed by atoms with Crippen LogP contribution in [0.25, 0.3) is 0 Å². The molecule has 2 aromatic rings. The molecule has 2 aromatic carbocycles. The maximum Gasteiger partial charge on any atom is 0.321 e. The van der Waals surface area contributed by atoms with Gasteiger partial charge in [0.2, 0.25) is 0 Å². The van der Waals surface area contributed by atoms with E-state index in [-0.39, 0.29) is 34.3 Å². The fourth-order valence-corrected chi connectivity index (χ4v) is 4.26. The Balaban J connectivity index is 2.01. The second kappa shape index (κ2) is 7.66. The Bertz CT molecular complexity index is 905. The molecular formula is C18H19NO8S. The smallest absolute Gasteiger partial charge is 0.321 e. The second-order valence-corrected chi connectivity index (χ2v) is 7.53. The molecule has 1 heterocycles. The lowest BCUT2D eigenvalue weighted by molar-refractivity contribution is -0.137. The maximum atomic E-state index is 11.0. The molecule has 0 spiro atoms. The molecule has 3 rings (SSSR count). The van der Waals surface area contributed by atoms with E-state index in [1.54, 1.807) is 0 Å². The van der Waals surface area contributed by atoms with E-state index in [4.69, 9.17) is 15.6 Å². The van der Waals surface area contributed by atoms with Crippen molar-refractivity contribution in [3.05, 3.63) is 41.5 Å². The summed E-state index contributed by atoms with van der Waals surface area (Å²) in [5.41, 5.74) is 6.09. The molecule has 150 valence electrons. The number of aliphatic hydroxyl groups excluding tert-OH is 1. The number of aromatic hydroxyl groups is 4. The number of nitrogens with two attached hydrogens (primary N) is 1. The number of ether oxygens (including phenoxy) is 1. The lowest BCUT2D eigenvalue weighted by atomic mass is 9.93. The molecule has 0 saturated carbocycles. The molecule has 4 atom stereocenters. The van der Waals surface area contributed by atoms with Crippen molar-refractivity contribution >= 4 is 17.7 Å². The van der Waals surface area contributed by atoms with Gasteiger partial charge in [-0.2, -0.15) is 0 Å². The van der Waals surface area contributed by atoms with Crippen LogP contribution in [0, 0.1) is 0 Å². The highest BCUT2D eigenvalue weighted by Gasteiger charge is 2.41. The fraction of sp³-hybridized carbons (Fsp3) is 0.278. The molecule has 8 N–H and O–H groups in total. The van der Waals surface area contributed by atoms with E-state index < -0.39 is 35.2 Å². The van der Waals surface area contributed by atoms with Crippen LogP contribution in [0.2, 0.25) is 0 Å². The Labute approximate surface area is 163 Å². The average Bonchev–Trinajstić information content (AvgIpc) is 2.62. The van der Waals surface area contributed by atoms with Gasteiger partial charge in [0.15, 0.2) is 17.6 Å². The predicted molar refractivity (Wildman–Crippen MR) is 99.7 cm³/mol. The third-order valence-electron chi connectivity index (χ3n) is 4.36. The lowest BCUT2D eigenvalue weighted by Gasteiger charge is -2.37. The van der Waals surface area contributed by atoms with Gasteiger partial charge in [-0.05, 0) is 17.7 Å². The standard InChI is InChI=1S/C18H19NO8S/c19-9(18(25)26)6-28-17-14-12(23)4-8(20)5-13(14)27-16(15(17)24)7-1-2-10(21)11(22)3-7/h1-5,9,15-17,20-24H,6,19H2,(H,25,26)/t9-,15+,16+,17-/m0/s1. The van der Waals surface area contributed by atoms with Crippen LogP contribution in [0.4, 0.5) is 0 Å². The van der Waals surface area contributed by atoms with Gasteiger partial charge in [0, 0.05) is 17.9 Å². The van der Waals surface area contributed by atoms with Crippen LogP contribution >= 0.6 is 11.8 Å². The van der Waals surface area contributed by atoms with Crippen molar-refractivity contribution in [1.29, 1.82) is 0 Å².